The van der Waals surface area contributed by atoms with Gasteiger partial charge in [-0.25, -0.2) is 0 Å². The van der Waals surface area contributed by atoms with E-state index in [9.17, 15) is 0 Å². The van der Waals surface area contributed by atoms with Gasteiger partial charge in [0.15, 0.2) is 11.5 Å². The number of rotatable bonds is 5. The fourth-order valence-corrected chi connectivity index (χ4v) is 3.98. The highest BCUT2D eigenvalue weighted by atomic mass is 79.9. The Morgan fingerprint density at radius 3 is 2.67 bits per heavy atom. The highest BCUT2D eigenvalue weighted by Crippen LogP contribution is 2.39. The monoisotopic (exact) mass is 353 g/mol. The van der Waals surface area contributed by atoms with Crippen molar-refractivity contribution in [2.45, 2.75) is 57.1 Å². The van der Waals surface area contributed by atoms with Gasteiger partial charge in [0.2, 0.25) is 0 Å². The molecule has 116 valence electrons. The molecule has 1 heterocycles. The molecule has 0 amide bonds. The third-order valence-corrected chi connectivity index (χ3v) is 5.11. The molecular formula is C17H24BrNO2. The lowest BCUT2D eigenvalue weighted by atomic mass is 10.0. The van der Waals surface area contributed by atoms with Crippen LogP contribution in [0.4, 0.5) is 0 Å². The van der Waals surface area contributed by atoms with Crippen LogP contribution in [0.1, 0.15) is 44.1 Å². The average Bonchev–Trinajstić information content (AvgIpc) is 3.14. The van der Waals surface area contributed by atoms with Crippen LogP contribution in [-0.4, -0.2) is 25.8 Å². The third-order valence-electron chi connectivity index (χ3n) is 4.52. The SMILES string of the molecule is COc1cc(CC2CCCN2)cc(Br)c1OC1CCCC1. The molecule has 0 spiro atoms. The molecule has 2 fully saturated rings. The first-order chi connectivity index (χ1) is 10.3. The lowest BCUT2D eigenvalue weighted by Crippen LogP contribution is -2.23. The molecule has 2 aliphatic rings. The van der Waals surface area contributed by atoms with Gasteiger partial charge in [-0.2, -0.15) is 0 Å². The van der Waals surface area contributed by atoms with Crippen LogP contribution in [0.3, 0.4) is 0 Å². The summed E-state index contributed by atoms with van der Waals surface area (Å²) in [6.45, 7) is 1.14. The third kappa shape index (κ3) is 3.72. The summed E-state index contributed by atoms with van der Waals surface area (Å²) in [4.78, 5) is 0. The lowest BCUT2D eigenvalue weighted by Gasteiger charge is -2.19. The maximum absolute atomic E-state index is 6.17. The van der Waals surface area contributed by atoms with Crippen molar-refractivity contribution in [1.29, 1.82) is 0 Å². The number of hydrogen-bond donors (Lipinski definition) is 1. The second kappa shape index (κ2) is 7.01. The zero-order chi connectivity index (χ0) is 14.7. The maximum atomic E-state index is 6.17. The van der Waals surface area contributed by atoms with E-state index in [1.807, 2.05) is 0 Å². The van der Waals surface area contributed by atoms with Crippen LogP contribution in [0.2, 0.25) is 0 Å². The van der Waals surface area contributed by atoms with E-state index in [4.69, 9.17) is 9.47 Å². The summed E-state index contributed by atoms with van der Waals surface area (Å²) in [7, 11) is 1.72. The van der Waals surface area contributed by atoms with Crippen molar-refractivity contribution in [3.05, 3.63) is 22.2 Å². The van der Waals surface area contributed by atoms with Crippen LogP contribution in [0, 0.1) is 0 Å². The van der Waals surface area contributed by atoms with Gasteiger partial charge >= 0.3 is 0 Å². The lowest BCUT2D eigenvalue weighted by molar-refractivity contribution is 0.199. The van der Waals surface area contributed by atoms with Gasteiger partial charge in [0.25, 0.3) is 0 Å². The van der Waals surface area contributed by atoms with Crippen LogP contribution >= 0.6 is 15.9 Å². The Labute approximate surface area is 135 Å². The van der Waals surface area contributed by atoms with Crippen LogP contribution in [-0.2, 0) is 6.42 Å². The molecule has 1 unspecified atom stereocenters. The fraction of sp³-hybridized carbons (Fsp3) is 0.647. The first-order valence-corrected chi connectivity index (χ1v) is 8.82. The van der Waals surface area contributed by atoms with E-state index in [1.54, 1.807) is 7.11 Å². The molecule has 1 saturated carbocycles. The quantitative estimate of drug-likeness (QED) is 0.865. The number of nitrogens with one attached hydrogen (secondary N) is 1. The van der Waals surface area contributed by atoms with Gasteiger partial charge in [-0.1, -0.05) is 0 Å². The zero-order valence-corrected chi connectivity index (χ0v) is 14.2. The van der Waals surface area contributed by atoms with Crippen molar-refractivity contribution in [3.63, 3.8) is 0 Å². The van der Waals surface area contributed by atoms with Crippen molar-refractivity contribution in [2.24, 2.45) is 0 Å². The summed E-state index contributed by atoms with van der Waals surface area (Å²) in [5.41, 5.74) is 1.30. The molecule has 3 nitrogen and oxygen atoms in total. The molecule has 1 saturated heterocycles. The standard InChI is InChI=1S/C17H24BrNO2/c1-20-16-11-12(9-13-5-4-8-19-13)10-15(18)17(16)21-14-6-2-3-7-14/h10-11,13-14,19H,2-9H2,1H3. The molecule has 21 heavy (non-hydrogen) atoms. The van der Waals surface area contributed by atoms with E-state index in [1.165, 1.54) is 31.2 Å². The highest BCUT2D eigenvalue weighted by Gasteiger charge is 2.22. The van der Waals surface area contributed by atoms with Gasteiger partial charge in [-0.15, -0.1) is 0 Å². The second-order valence-electron chi connectivity index (χ2n) is 6.13. The van der Waals surface area contributed by atoms with Gasteiger partial charge in [0.1, 0.15) is 0 Å². The number of halogens is 1. The Morgan fingerprint density at radius 1 is 1.19 bits per heavy atom. The summed E-state index contributed by atoms with van der Waals surface area (Å²) in [5, 5.41) is 3.55. The largest absolute Gasteiger partial charge is 0.493 e. The highest BCUT2D eigenvalue weighted by molar-refractivity contribution is 9.10. The minimum Gasteiger partial charge on any atom is -0.493 e. The average molecular weight is 354 g/mol. The molecule has 4 heteroatoms. The molecule has 1 aromatic rings. The van der Waals surface area contributed by atoms with Gasteiger partial charge in [0.05, 0.1) is 17.7 Å². The summed E-state index contributed by atoms with van der Waals surface area (Å²) in [6.07, 6.45) is 8.81. The predicted octanol–water partition coefficient (Wildman–Crippen LogP) is 4.07. The van der Waals surface area contributed by atoms with Gasteiger partial charge in [-0.3, -0.25) is 0 Å². The molecule has 0 aromatic heterocycles. The van der Waals surface area contributed by atoms with Gasteiger partial charge in [-0.05, 0) is 85.1 Å². The Morgan fingerprint density at radius 2 is 2.00 bits per heavy atom. The predicted molar refractivity (Wildman–Crippen MR) is 88.3 cm³/mol. The first-order valence-electron chi connectivity index (χ1n) is 8.02. The van der Waals surface area contributed by atoms with E-state index >= 15 is 0 Å². The van der Waals surface area contributed by atoms with E-state index in [0.29, 0.717) is 12.1 Å². The molecule has 1 aromatic carbocycles. The molecule has 1 atom stereocenters. The minimum absolute atomic E-state index is 0.345. The minimum atomic E-state index is 0.345. The van der Waals surface area contributed by atoms with Crippen LogP contribution < -0.4 is 14.8 Å². The zero-order valence-electron chi connectivity index (χ0n) is 12.7. The molecular weight excluding hydrogens is 330 g/mol. The Kier molecular flexibility index (Phi) is 5.07. The second-order valence-corrected chi connectivity index (χ2v) is 6.99. The Hall–Kier alpha value is -0.740. The van der Waals surface area contributed by atoms with Crippen LogP contribution in [0.5, 0.6) is 11.5 Å². The first kappa shape index (κ1) is 15.2. The van der Waals surface area contributed by atoms with Crippen molar-refractivity contribution in [2.75, 3.05) is 13.7 Å². The maximum Gasteiger partial charge on any atom is 0.175 e. The Balaban J connectivity index is 1.76. The molecule has 3 rings (SSSR count). The van der Waals surface area contributed by atoms with Gasteiger partial charge in [0, 0.05) is 6.04 Å². The molecule has 1 aliphatic carbocycles. The van der Waals surface area contributed by atoms with Crippen LogP contribution in [0.15, 0.2) is 16.6 Å². The summed E-state index contributed by atoms with van der Waals surface area (Å²) < 4.78 is 12.7. The van der Waals surface area contributed by atoms with E-state index < -0.39 is 0 Å². The topological polar surface area (TPSA) is 30.5 Å². The van der Waals surface area contributed by atoms with E-state index in [2.05, 4.69) is 33.4 Å². The summed E-state index contributed by atoms with van der Waals surface area (Å²) in [5.74, 6) is 1.72. The summed E-state index contributed by atoms with van der Waals surface area (Å²) >= 11 is 3.67. The van der Waals surface area contributed by atoms with Crippen molar-refractivity contribution >= 4 is 15.9 Å². The molecule has 0 bridgehead atoms. The van der Waals surface area contributed by atoms with Crippen molar-refractivity contribution in [1.82, 2.24) is 5.32 Å². The fourth-order valence-electron chi connectivity index (χ4n) is 3.39. The normalized spacial score (nSPS) is 22.7. The van der Waals surface area contributed by atoms with Crippen molar-refractivity contribution in [3.8, 4) is 11.5 Å². The number of benzene rings is 1. The molecule has 1 aliphatic heterocycles. The number of methoxy groups -OCH3 is 1. The van der Waals surface area contributed by atoms with Gasteiger partial charge < -0.3 is 14.8 Å². The summed E-state index contributed by atoms with van der Waals surface area (Å²) in [6, 6.07) is 4.92. The van der Waals surface area contributed by atoms with E-state index in [-0.39, 0.29) is 0 Å². The smallest absolute Gasteiger partial charge is 0.175 e. The Bertz CT molecular complexity index is 480. The van der Waals surface area contributed by atoms with Crippen LogP contribution in [0.25, 0.3) is 0 Å². The molecule has 0 radical (unpaired) electrons. The number of ether oxygens (including phenoxy) is 2. The van der Waals surface area contributed by atoms with E-state index in [0.717, 1.165) is 41.8 Å². The number of hydrogen-bond acceptors (Lipinski definition) is 3. The van der Waals surface area contributed by atoms with Crippen molar-refractivity contribution < 1.29 is 9.47 Å². The molecule has 1 N–H and O–H groups in total.